The molecule has 2 aromatic rings. The minimum Gasteiger partial charge on any atom is -0.325 e. The number of rotatable bonds is 7. The van der Waals surface area contributed by atoms with Crippen molar-refractivity contribution in [2.45, 2.75) is 45.2 Å². The molecule has 0 aliphatic rings. The van der Waals surface area contributed by atoms with Crippen molar-refractivity contribution in [1.82, 2.24) is 9.97 Å². The van der Waals surface area contributed by atoms with E-state index < -0.39 is 0 Å². The van der Waals surface area contributed by atoms with E-state index in [1.54, 1.807) is 0 Å². The van der Waals surface area contributed by atoms with Gasteiger partial charge in [-0.3, -0.25) is 9.59 Å². The molecule has 0 radical (unpaired) electrons. The fourth-order valence-corrected chi connectivity index (χ4v) is 3.05. The molecule has 1 aromatic carbocycles. The van der Waals surface area contributed by atoms with Gasteiger partial charge in [-0.15, -0.1) is 0 Å². The first-order valence-electron chi connectivity index (χ1n) is 8.08. The zero-order valence-corrected chi connectivity index (χ0v) is 15.1. The standard InChI is InChI=1S/C18H23N3O2S/c1-4-5-9-14-10-15(22)21-18(19-14)24-11-16(23)20-17-12(2)7-6-8-13(17)3/h6-8,10H,4-5,9,11H2,1-3H3,(H,20,23)(H,19,21,22). The number of carbonyl (C=O) groups is 1. The predicted molar refractivity (Wildman–Crippen MR) is 98.7 cm³/mol. The summed E-state index contributed by atoms with van der Waals surface area (Å²) in [6, 6.07) is 7.42. The Morgan fingerprint density at radius 1 is 1.29 bits per heavy atom. The number of aryl methyl sites for hydroxylation is 3. The van der Waals surface area contributed by atoms with Crippen LogP contribution >= 0.6 is 11.8 Å². The van der Waals surface area contributed by atoms with Crippen molar-refractivity contribution >= 4 is 23.4 Å². The Balaban J connectivity index is 1.99. The fraction of sp³-hybridized carbons (Fsp3) is 0.389. The second-order valence-electron chi connectivity index (χ2n) is 5.75. The Kier molecular flexibility index (Phi) is 6.61. The van der Waals surface area contributed by atoms with Crippen molar-refractivity contribution in [1.29, 1.82) is 0 Å². The highest BCUT2D eigenvalue weighted by Crippen LogP contribution is 2.20. The highest BCUT2D eigenvalue weighted by Gasteiger charge is 2.09. The van der Waals surface area contributed by atoms with Gasteiger partial charge in [0.05, 0.1) is 5.75 Å². The van der Waals surface area contributed by atoms with Gasteiger partial charge in [0.15, 0.2) is 5.16 Å². The van der Waals surface area contributed by atoms with Gasteiger partial charge in [-0.2, -0.15) is 0 Å². The van der Waals surface area contributed by atoms with Gasteiger partial charge in [-0.05, 0) is 37.8 Å². The molecule has 0 bridgehead atoms. The van der Waals surface area contributed by atoms with Crippen molar-refractivity contribution in [3.8, 4) is 0 Å². The molecular formula is C18H23N3O2S. The van der Waals surface area contributed by atoms with Crippen LogP contribution in [-0.2, 0) is 11.2 Å². The number of para-hydroxylation sites is 1. The first-order chi connectivity index (χ1) is 11.5. The van der Waals surface area contributed by atoms with E-state index in [9.17, 15) is 9.59 Å². The maximum absolute atomic E-state index is 12.2. The third kappa shape index (κ3) is 5.23. The monoisotopic (exact) mass is 345 g/mol. The Bertz CT molecular complexity index is 751. The summed E-state index contributed by atoms with van der Waals surface area (Å²) >= 11 is 1.24. The Morgan fingerprint density at radius 2 is 2.00 bits per heavy atom. The lowest BCUT2D eigenvalue weighted by Gasteiger charge is -2.11. The van der Waals surface area contributed by atoms with Gasteiger partial charge in [0.25, 0.3) is 5.56 Å². The molecule has 0 fully saturated rings. The van der Waals surface area contributed by atoms with Gasteiger partial charge in [0.1, 0.15) is 0 Å². The van der Waals surface area contributed by atoms with Crippen LogP contribution in [0.4, 0.5) is 5.69 Å². The Morgan fingerprint density at radius 3 is 2.67 bits per heavy atom. The Labute approximate surface area is 146 Å². The van der Waals surface area contributed by atoms with Gasteiger partial charge in [-0.1, -0.05) is 43.3 Å². The summed E-state index contributed by atoms with van der Waals surface area (Å²) in [6.07, 6.45) is 2.82. The average molecular weight is 345 g/mol. The number of hydrogen-bond acceptors (Lipinski definition) is 4. The third-order valence-corrected chi connectivity index (χ3v) is 4.52. The summed E-state index contributed by atoms with van der Waals surface area (Å²) in [4.78, 5) is 31.0. The third-order valence-electron chi connectivity index (χ3n) is 3.64. The molecule has 0 aliphatic carbocycles. The number of amides is 1. The van der Waals surface area contributed by atoms with Crippen LogP contribution < -0.4 is 10.9 Å². The van der Waals surface area contributed by atoms with Gasteiger partial charge in [0.2, 0.25) is 5.91 Å². The van der Waals surface area contributed by atoms with Crippen LogP contribution in [0.5, 0.6) is 0 Å². The number of aromatic nitrogens is 2. The number of aromatic amines is 1. The molecule has 0 spiro atoms. The minimum atomic E-state index is -0.172. The summed E-state index contributed by atoms with van der Waals surface area (Å²) in [7, 11) is 0. The maximum atomic E-state index is 12.2. The number of hydrogen-bond donors (Lipinski definition) is 2. The molecule has 2 rings (SSSR count). The van der Waals surface area contributed by atoms with E-state index in [0.29, 0.717) is 5.16 Å². The number of H-pyrrole nitrogens is 1. The number of nitrogens with one attached hydrogen (secondary N) is 2. The van der Waals surface area contributed by atoms with Crippen LogP contribution in [0.2, 0.25) is 0 Å². The molecule has 0 unspecified atom stereocenters. The summed E-state index contributed by atoms with van der Waals surface area (Å²) in [5, 5.41) is 3.42. The highest BCUT2D eigenvalue weighted by molar-refractivity contribution is 7.99. The zero-order chi connectivity index (χ0) is 17.5. The average Bonchev–Trinajstić information content (AvgIpc) is 2.54. The molecule has 0 saturated heterocycles. The fourth-order valence-electron chi connectivity index (χ4n) is 2.36. The topological polar surface area (TPSA) is 74.8 Å². The van der Waals surface area contributed by atoms with Crippen LogP contribution in [0.1, 0.15) is 36.6 Å². The van der Waals surface area contributed by atoms with Crippen molar-refractivity contribution in [2.24, 2.45) is 0 Å². The van der Waals surface area contributed by atoms with Gasteiger partial charge < -0.3 is 10.3 Å². The van der Waals surface area contributed by atoms with Crippen LogP contribution in [0.25, 0.3) is 0 Å². The number of anilines is 1. The first kappa shape index (κ1) is 18.3. The van der Waals surface area contributed by atoms with Crippen LogP contribution in [0.3, 0.4) is 0 Å². The van der Waals surface area contributed by atoms with E-state index in [1.807, 2.05) is 32.0 Å². The molecule has 1 heterocycles. The SMILES string of the molecule is CCCCc1cc(=O)[nH]c(SCC(=O)Nc2c(C)cccc2C)n1. The van der Waals surface area contributed by atoms with E-state index in [4.69, 9.17) is 0 Å². The van der Waals surface area contributed by atoms with Crippen molar-refractivity contribution < 1.29 is 4.79 Å². The molecule has 5 nitrogen and oxygen atoms in total. The molecule has 1 amide bonds. The molecule has 1 aromatic heterocycles. The molecule has 0 aliphatic heterocycles. The van der Waals surface area contributed by atoms with Crippen LogP contribution in [0, 0.1) is 13.8 Å². The molecule has 128 valence electrons. The molecule has 24 heavy (non-hydrogen) atoms. The van der Waals surface area contributed by atoms with E-state index in [-0.39, 0.29) is 17.2 Å². The summed E-state index contributed by atoms with van der Waals surface area (Å²) in [5.41, 5.74) is 3.51. The van der Waals surface area contributed by atoms with Gasteiger partial charge >= 0.3 is 0 Å². The van der Waals surface area contributed by atoms with Gasteiger partial charge in [0, 0.05) is 17.4 Å². The van der Waals surface area contributed by atoms with Crippen molar-refractivity contribution in [3.05, 3.63) is 51.4 Å². The largest absolute Gasteiger partial charge is 0.325 e. The Hall–Kier alpha value is -2.08. The molecule has 6 heteroatoms. The second-order valence-corrected chi connectivity index (χ2v) is 6.71. The van der Waals surface area contributed by atoms with Gasteiger partial charge in [-0.25, -0.2) is 4.98 Å². The second kappa shape index (κ2) is 8.68. The number of thioether (sulfide) groups is 1. The summed E-state index contributed by atoms with van der Waals surface area (Å²) in [5.74, 6) is 0.0903. The van der Waals surface area contributed by atoms with Crippen molar-refractivity contribution in [3.63, 3.8) is 0 Å². The van der Waals surface area contributed by atoms with E-state index >= 15 is 0 Å². The smallest absolute Gasteiger partial charge is 0.251 e. The number of benzene rings is 1. The zero-order valence-electron chi connectivity index (χ0n) is 14.3. The molecule has 0 saturated carbocycles. The molecular weight excluding hydrogens is 322 g/mol. The lowest BCUT2D eigenvalue weighted by molar-refractivity contribution is -0.113. The van der Waals surface area contributed by atoms with E-state index in [1.165, 1.54) is 17.8 Å². The first-order valence-corrected chi connectivity index (χ1v) is 9.07. The molecule has 2 N–H and O–H groups in total. The van der Waals surface area contributed by atoms with Crippen LogP contribution in [-0.4, -0.2) is 21.6 Å². The normalized spacial score (nSPS) is 10.6. The summed E-state index contributed by atoms with van der Waals surface area (Å²) in [6.45, 7) is 6.03. The minimum absolute atomic E-state index is 0.112. The molecule has 0 atom stereocenters. The highest BCUT2D eigenvalue weighted by atomic mass is 32.2. The summed E-state index contributed by atoms with van der Waals surface area (Å²) < 4.78 is 0. The lowest BCUT2D eigenvalue weighted by atomic mass is 10.1. The number of carbonyl (C=O) groups excluding carboxylic acids is 1. The maximum Gasteiger partial charge on any atom is 0.251 e. The van der Waals surface area contributed by atoms with E-state index in [0.717, 1.165) is 41.8 Å². The van der Waals surface area contributed by atoms with Crippen molar-refractivity contribution in [2.75, 3.05) is 11.1 Å². The lowest BCUT2D eigenvalue weighted by Crippen LogP contribution is -2.17. The quantitative estimate of drug-likeness (QED) is 0.595. The number of nitrogens with zero attached hydrogens (tertiary/aromatic N) is 1. The number of unbranched alkanes of at least 4 members (excludes halogenated alkanes) is 1. The predicted octanol–water partition coefficient (Wildman–Crippen LogP) is 3.46. The van der Waals surface area contributed by atoms with E-state index in [2.05, 4.69) is 22.2 Å². The van der Waals surface area contributed by atoms with Crippen LogP contribution in [0.15, 0.2) is 34.2 Å².